The minimum atomic E-state index is 0.398. The molecule has 4 heteroatoms. The Hall–Kier alpha value is -2.23. The van der Waals surface area contributed by atoms with E-state index in [2.05, 4.69) is 10.2 Å². The number of benzene rings is 1. The van der Waals surface area contributed by atoms with Crippen molar-refractivity contribution in [1.82, 2.24) is 10.2 Å². The lowest BCUT2D eigenvalue weighted by Crippen LogP contribution is -1.93. The second kappa shape index (κ2) is 4.32. The normalized spacial score (nSPS) is 9.60. The Bertz CT molecular complexity index is 457. The van der Waals surface area contributed by atoms with Gasteiger partial charge in [-0.05, 0) is 24.3 Å². The molecule has 2 rings (SSSR count). The maximum absolute atomic E-state index is 10.3. The van der Waals surface area contributed by atoms with E-state index in [0.717, 1.165) is 5.56 Å². The van der Waals surface area contributed by atoms with Crippen LogP contribution in [-0.4, -0.2) is 16.7 Å². The highest BCUT2D eigenvalue weighted by Crippen LogP contribution is 2.26. The van der Waals surface area contributed by atoms with E-state index in [-0.39, 0.29) is 0 Å². The first-order chi connectivity index (χ1) is 7.42. The Morgan fingerprint density at radius 3 is 2.73 bits per heavy atom. The molecule has 1 heterocycles. The van der Waals surface area contributed by atoms with Crippen molar-refractivity contribution in [2.24, 2.45) is 0 Å². The molecule has 2 aromatic rings. The summed E-state index contributed by atoms with van der Waals surface area (Å²) in [6, 6.07) is 10.8. The number of aromatic nitrogens is 2. The summed E-state index contributed by atoms with van der Waals surface area (Å²) in [5.41, 5.74) is 1.42. The summed E-state index contributed by atoms with van der Waals surface area (Å²) in [6.45, 7) is 0.398. The summed E-state index contributed by atoms with van der Waals surface area (Å²) in [5.74, 6) is 0.480. The molecule has 0 saturated heterocycles. The van der Waals surface area contributed by atoms with E-state index in [1.54, 1.807) is 30.5 Å². The van der Waals surface area contributed by atoms with E-state index in [9.17, 15) is 4.79 Å². The SMILES string of the molecule is O=COc1ccccc1-c1cccnn1. The number of carbonyl (C=O) groups is 1. The zero-order valence-electron chi connectivity index (χ0n) is 7.83. The Kier molecular flexibility index (Phi) is 2.69. The van der Waals surface area contributed by atoms with Crippen molar-refractivity contribution < 1.29 is 9.53 Å². The van der Waals surface area contributed by atoms with E-state index in [1.165, 1.54) is 0 Å². The molecule has 0 unspecified atom stereocenters. The molecule has 1 aromatic heterocycles. The molecule has 0 fully saturated rings. The lowest BCUT2D eigenvalue weighted by Gasteiger charge is -2.04. The van der Waals surface area contributed by atoms with Gasteiger partial charge in [0.25, 0.3) is 6.47 Å². The van der Waals surface area contributed by atoms with Gasteiger partial charge in [-0.25, -0.2) is 0 Å². The second-order valence-corrected chi connectivity index (χ2v) is 2.82. The minimum Gasteiger partial charge on any atom is -0.428 e. The highest BCUT2D eigenvalue weighted by atomic mass is 16.5. The number of hydrogen-bond donors (Lipinski definition) is 0. The first-order valence-electron chi connectivity index (χ1n) is 4.39. The standard InChI is InChI=1S/C11H8N2O2/c14-8-15-11-6-2-1-4-9(11)10-5-3-7-12-13-10/h1-8H. The predicted octanol–water partition coefficient (Wildman–Crippen LogP) is 1.68. The summed E-state index contributed by atoms with van der Waals surface area (Å²) in [7, 11) is 0. The second-order valence-electron chi connectivity index (χ2n) is 2.82. The van der Waals surface area contributed by atoms with E-state index < -0.39 is 0 Å². The van der Waals surface area contributed by atoms with Gasteiger partial charge in [-0.3, -0.25) is 4.79 Å². The molecule has 0 bridgehead atoms. The Labute approximate surface area is 86.5 Å². The zero-order valence-corrected chi connectivity index (χ0v) is 7.83. The maximum atomic E-state index is 10.3. The van der Waals surface area contributed by atoms with Crippen LogP contribution in [0, 0.1) is 0 Å². The Morgan fingerprint density at radius 1 is 1.13 bits per heavy atom. The van der Waals surface area contributed by atoms with Crippen LogP contribution < -0.4 is 4.74 Å². The van der Waals surface area contributed by atoms with Crippen LogP contribution in [-0.2, 0) is 4.79 Å². The molecule has 15 heavy (non-hydrogen) atoms. The third-order valence-electron chi connectivity index (χ3n) is 1.91. The number of nitrogens with zero attached hydrogens (tertiary/aromatic N) is 2. The predicted molar refractivity (Wildman–Crippen MR) is 54.2 cm³/mol. The lowest BCUT2D eigenvalue weighted by atomic mass is 10.1. The molecule has 1 aromatic carbocycles. The molecule has 0 N–H and O–H groups in total. The molecule has 74 valence electrons. The van der Waals surface area contributed by atoms with Crippen molar-refractivity contribution in [3.05, 3.63) is 42.6 Å². The van der Waals surface area contributed by atoms with Crippen molar-refractivity contribution in [2.45, 2.75) is 0 Å². The lowest BCUT2D eigenvalue weighted by molar-refractivity contribution is -0.120. The van der Waals surface area contributed by atoms with Gasteiger partial charge in [0.05, 0.1) is 5.69 Å². The molecule has 0 aliphatic heterocycles. The van der Waals surface area contributed by atoms with Crippen LogP contribution in [0.2, 0.25) is 0 Å². The zero-order chi connectivity index (χ0) is 10.5. The van der Waals surface area contributed by atoms with Crippen LogP contribution in [0.3, 0.4) is 0 Å². The van der Waals surface area contributed by atoms with Gasteiger partial charge in [0.15, 0.2) is 0 Å². The summed E-state index contributed by atoms with van der Waals surface area (Å²) in [4.78, 5) is 10.3. The van der Waals surface area contributed by atoms with Gasteiger partial charge in [-0.2, -0.15) is 10.2 Å². The molecule has 0 radical (unpaired) electrons. The van der Waals surface area contributed by atoms with E-state index >= 15 is 0 Å². The van der Waals surface area contributed by atoms with Crippen molar-refractivity contribution in [1.29, 1.82) is 0 Å². The van der Waals surface area contributed by atoms with Crippen LogP contribution in [0.15, 0.2) is 42.6 Å². The average Bonchev–Trinajstić information content (AvgIpc) is 2.31. The van der Waals surface area contributed by atoms with E-state index in [0.29, 0.717) is 17.9 Å². The number of carbonyl (C=O) groups excluding carboxylic acids is 1. The topological polar surface area (TPSA) is 52.1 Å². The average molecular weight is 200 g/mol. The maximum Gasteiger partial charge on any atom is 0.298 e. The van der Waals surface area contributed by atoms with Crippen molar-refractivity contribution in [3.63, 3.8) is 0 Å². The highest BCUT2D eigenvalue weighted by molar-refractivity contribution is 5.68. The van der Waals surface area contributed by atoms with Crippen LogP contribution in [0.5, 0.6) is 5.75 Å². The quantitative estimate of drug-likeness (QED) is 0.707. The van der Waals surface area contributed by atoms with Crippen molar-refractivity contribution in [3.8, 4) is 17.0 Å². The fourth-order valence-electron chi connectivity index (χ4n) is 1.28. The van der Waals surface area contributed by atoms with Crippen LogP contribution in [0.4, 0.5) is 0 Å². The van der Waals surface area contributed by atoms with E-state index in [4.69, 9.17) is 4.74 Å². The third kappa shape index (κ3) is 1.99. The van der Waals surface area contributed by atoms with Gasteiger partial charge in [0.1, 0.15) is 5.75 Å². The summed E-state index contributed by atoms with van der Waals surface area (Å²) in [6.07, 6.45) is 1.59. The summed E-state index contributed by atoms with van der Waals surface area (Å²) in [5, 5.41) is 7.71. The molecular weight excluding hydrogens is 192 g/mol. The van der Waals surface area contributed by atoms with Gasteiger partial charge < -0.3 is 4.74 Å². The molecular formula is C11H8N2O2. The van der Waals surface area contributed by atoms with Crippen molar-refractivity contribution in [2.75, 3.05) is 0 Å². The number of ether oxygens (including phenoxy) is 1. The smallest absolute Gasteiger partial charge is 0.298 e. The molecule has 0 spiro atoms. The fourth-order valence-corrected chi connectivity index (χ4v) is 1.28. The Balaban J connectivity index is 2.48. The van der Waals surface area contributed by atoms with Gasteiger partial charge in [-0.15, -0.1) is 0 Å². The third-order valence-corrected chi connectivity index (χ3v) is 1.91. The largest absolute Gasteiger partial charge is 0.428 e. The highest BCUT2D eigenvalue weighted by Gasteiger charge is 2.06. The number of hydrogen-bond acceptors (Lipinski definition) is 4. The fraction of sp³-hybridized carbons (Fsp3) is 0. The minimum absolute atomic E-state index is 0.398. The first-order valence-corrected chi connectivity index (χ1v) is 4.39. The van der Waals surface area contributed by atoms with Gasteiger partial charge >= 0.3 is 0 Å². The Morgan fingerprint density at radius 2 is 2.00 bits per heavy atom. The van der Waals surface area contributed by atoms with Crippen LogP contribution in [0.25, 0.3) is 11.3 Å². The first kappa shape index (κ1) is 9.33. The molecule has 0 aliphatic carbocycles. The van der Waals surface area contributed by atoms with Crippen molar-refractivity contribution >= 4 is 6.47 Å². The molecule has 0 amide bonds. The number of para-hydroxylation sites is 1. The summed E-state index contributed by atoms with van der Waals surface area (Å²) >= 11 is 0. The van der Waals surface area contributed by atoms with E-state index in [1.807, 2.05) is 12.1 Å². The number of rotatable bonds is 3. The van der Waals surface area contributed by atoms with Gasteiger partial charge in [0.2, 0.25) is 0 Å². The molecule has 0 saturated carbocycles. The monoisotopic (exact) mass is 200 g/mol. The molecule has 0 aliphatic rings. The summed E-state index contributed by atoms with van der Waals surface area (Å²) < 4.78 is 4.84. The molecule has 0 atom stereocenters. The van der Waals surface area contributed by atoms with Gasteiger partial charge in [0, 0.05) is 11.8 Å². The van der Waals surface area contributed by atoms with Crippen LogP contribution >= 0.6 is 0 Å². The molecule has 4 nitrogen and oxygen atoms in total. The van der Waals surface area contributed by atoms with Gasteiger partial charge in [-0.1, -0.05) is 12.1 Å². The van der Waals surface area contributed by atoms with Crippen LogP contribution in [0.1, 0.15) is 0 Å².